The molecular formula is C14H9Cl2F2N3. The van der Waals surface area contributed by atoms with Crippen LogP contribution in [0.15, 0.2) is 30.3 Å². The van der Waals surface area contributed by atoms with Crippen molar-refractivity contribution in [3.63, 3.8) is 0 Å². The van der Waals surface area contributed by atoms with Gasteiger partial charge in [-0.25, -0.2) is 13.8 Å². The average molecular weight is 328 g/mol. The maximum absolute atomic E-state index is 13.8. The van der Waals surface area contributed by atoms with Crippen molar-refractivity contribution in [1.29, 1.82) is 0 Å². The van der Waals surface area contributed by atoms with Crippen LogP contribution in [-0.2, 0) is 6.54 Å². The summed E-state index contributed by atoms with van der Waals surface area (Å²) in [7, 11) is 0. The molecule has 21 heavy (non-hydrogen) atoms. The Labute approximate surface area is 128 Å². The van der Waals surface area contributed by atoms with Gasteiger partial charge in [0.25, 0.3) is 0 Å². The van der Waals surface area contributed by atoms with Crippen LogP contribution in [0.25, 0.3) is 11.0 Å². The second-order valence-electron chi connectivity index (χ2n) is 4.55. The van der Waals surface area contributed by atoms with Gasteiger partial charge in [0.1, 0.15) is 11.6 Å². The number of benzene rings is 2. The Morgan fingerprint density at radius 2 is 1.81 bits per heavy atom. The SMILES string of the molecule is Nc1nc2cc(Cl)c(Cl)cc2n1Cc1ccc(F)cc1F. The molecule has 2 aromatic carbocycles. The number of halogens is 4. The van der Waals surface area contributed by atoms with Crippen molar-refractivity contribution in [1.82, 2.24) is 9.55 Å². The van der Waals surface area contributed by atoms with E-state index in [0.29, 0.717) is 26.6 Å². The summed E-state index contributed by atoms with van der Waals surface area (Å²) in [6.07, 6.45) is 0. The van der Waals surface area contributed by atoms with Gasteiger partial charge < -0.3 is 10.3 Å². The molecule has 0 saturated heterocycles. The summed E-state index contributed by atoms with van der Waals surface area (Å²) in [5.74, 6) is -1.07. The summed E-state index contributed by atoms with van der Waals surface area (Å²) in [6, 6.07) is 6.59. The maximum Gasteiger partial charge on any atom is 0.201 e. The fraction of sp³-hybridized carbons (Fsp3) is 0.0714. The number of nitrogen functional groups attached to an aromatic ring is 1. The third-order valence-corrected chi connectivity index (χ3v) is 3.89. The molecule has 0 spiro atoms. The molecule has 2 N–H and O–H groups in total. The van der Waals surface area contributed by atoms with Crippen LogP contribution >= 0.6 is 23.2 Å². The standard InChI is InChI=1S/C14H9Cl2F2N3/c15-9-4-12-13(5-10(9)16)21(14(19)20-12)6-7-1-2-8(17)3-11(7)18/h1-5H,6H2,(H2,19,20). The lowest BCUT2D eigenvalue weighted by molar-refractivity contribution is 0.568. The van der Waals surface area contributed by atoms with Crippen LogP contribution in [-0.4, -0.2) is 9.55 Å². The number of nitrogens with two attached hydrogens (primary N) is 1. The molecule has 0 amide bonds. The van der Waals surface area contributed by atoms with E-state index in [0.717, 1.165) is 6.07 Å². The molecule has 7 heteroatoms. The predicted octanol–water partition coefficient (Wildman–Crippen LogP) is 4.25. The summed E-state index contributed by atoms with van der Waals surface area (Å²) in [5, 5.41) is 0.715. The van der Waals surface area contributed by atoms with Crippen molar-refractivity contribution in [3.8, 4) is 0 Å². The van der Waals surface area contributed by atoms with E-state index >= 15 is 0 Å². The van der Waals surface area contributed by atoms with Gasteiger partial charge in [-0.2, -0.15) is 0 Å². The van der Waals surface area contributed by atoms with Crippen LogP contribution in [0.2, 0.25) is 10.0 Å². The molecule has 0 aliphatic heterocycles. The van der Waals surface area contributed by atoms with Crippen LogP contribution in [0, 0.1) is 11.6 Å². The number of aromatic nitrogens is 2. The van der Waals surface area contributed by atoms with Crippen LogP contribution in [0.4, 0.5) is 14.7 Å². The number of hydrogen-bond donors (Lipinski definition) is 1. The van der Waals surface area contributed by atoms with E-state index < -0.39 is 11.6 Å². The smallest absolute Gasteiger partial charge is 0.201 e. The van der Waals surface area contributed by atoms with Crippen molar-refractivity contribution < 1.29 is 8.78 Å². The number of imidazole rings is 1. The molecule has 0 aliphatic rings. The minimum absolute atomic E-state index is 0.117. The third-order valence-electron chi connectivity index (χ3n) is 3.16. The van der Waals surface area contributed by atoms with Crippen LogP contribution in [0.5, 0.6) is 0 Å². The number of rotatable bonds is 2. The zero-order valence-electron chi connectivity index (χ0n) is 10.6. The van der Waals surface area contributed by atoms with Gasteiger partial charge in [0.05, 0.1) is 27.6 Å². The van der Waals surface area contributed by atoms with Gasteiger partial charge in [0, 0.05) is 11.6 Å². The second kappa shape index (κ2) is 5.16. The fourth-order valence-electron chi connectivity index (χ4n) is 2.13. The van der Waals surface area contributed by atoms with Crippen LogP contribution in [0.3, 0.4) is 0 Å². The highest BCUT2D eigenvalue weighted by Crippen LogP contribution is 2.29. The Morgan fingerprint density at radius 3 is 2.52 bits per heavy atom. The first kappa shape index (κ1) is 14.1. The summed E-state index contributed by atoms with van der Waals surface area (Å²) >= 11 is 11.9. The molecular weight excluding hydrogens is 319 g/mol. The Bertz CT molecular complexity index is 846. The van der Waals surface area contributed by atoms with Gasteiger partial charge in [-0.15, -0.1) is 0 Å². The molecule has 108 valence electrons. The first-order valence-corrected chi connectivity index (χ1v) is 6.76. The molecule has 0 unspecified atom stereocenters. The van der Waals surface area contributed by atoms with Gasteiger partial charge in [0.2, 0.25) is 5.95 Å². The molecule has 0 atom stereocenters. The molecule has 1 aromatic heterocycles. The largest absolute Gasteiger partial charge is 0.369 e. The molecule has 0 aliphatic carbocycles. The zero-order chi connectivity index (χ0) is 15.1. The van der Waals surface area contributed by atoms with E-state index in [1.807, 2.05) is 0 Å². The van der Waals surface area contributed by atoms with Crippen molar-refractivity contribution in [2.75, 3.05) is 5.73 Å². The molecule has 3 aromatic rings. The fourth-order valence-corrected chi connectivity index (χ4v) is 2.44. The highest BCUT2D eigenvalue weighted by atomic mass is 35.5. The lowest BCUT2D eigenvalue weighted by Gasteiger charge is -2.08. The predicted molar refractivity (Wildman–Crippen MR) is 79.6 cm³/mol. The highest BCUT2D eigenvalue weighted by Gasteiger charge is 2.13. The van der Waals surface area contributed by atoms with Crippen molar-refractivity contribution in [2.45, 2.75) is 6.54 Å². The van der Waals surface area contributed by atoms with Crippen LogP contribution < -0.4 is 5.73 Å². The molecule has 0 radical (unpaired) electrons. The topological polar surface area (TPSA) is 43.8 Å². The number of hydrogen-bond acceptors (Lipinski definition) is 2. The number of anilines is 1. The van der Waals surface area contributed by atoms with E-state index in [9.17, 15) is 8.78 Å². The molecule has 0 fully saturated rings. The minimum Gasteiger partial charge on any atom is -0.369 e. The van der Waals surface area contributed by atoms with Gasteiger partial charge in [-0.05, 0) is 18.2 Å². The molecule has 3 rings (SSSR count). The van der Waals surface area contributed by atoms with Crippen molar-refractivity contribution >= 4 is 40.2 Å². The van der Waals surface area contributed by atoms with E-state index in [1.165, 1.54) is 12.1 Å². The summed E-state index contributed by atoms with van der Waals surface area (Å²) in [4.78, 5) is 4.16. The van der Waals surface area contributed by atoms with E-state index in [4.69, 9.17) is 28.9 Å². The zero-order valence-corrected chi connectivity index (χ0v) is 12.1. The van der Waals surface area contributed by atoms with Gasteiger partial charge >= 0.3 is 0 Å². The number of fused-ring (bicyclic) bond motifs is 1. The van der Waals surface area contributed by atoms with Gasteiger partial charge in [-0.1, -0.05) is 29.3 Å². The Kier molecular flexibility index (Phi) is 3.47. The monoisotopic (exact) mass is 327 g/mol. The molecule has 1 heterocycles. The first-order chi connectivity index (χ1) is 9.95. The molecule has 0 saturated carbocycles. The second-order valence-corrected chi connectivity index (χ2v) is 5.36. The summed E-state index contributed by atoms with van der Waals surface area (Å²) in [6.45, 7) is 0.117. The van der Waals surface area contributed by atoms with E-state index in [-0.39, 0.29) is 12.5 Å². The minimum atomic E-state index is -0.642. The Morgan fingerprint density at radius 1 is 1.10 bits per heavy atom. The maximum atomic E-state index is 13.8. The summed E-state index contributed by atoms with van der Waals surface area (Å²) in [5.41, 5.74) is 7.34. The van der Waals surface area contributed by atoms with Crippen LogP contribution in [0.1, 0.15) is 5.56 Å². The van der Waals surface area contributed by atoms with Gasteiger partial charge in [-0.3, -0.25) is 0 Å². The lowest BCUT2D eigenvalue weighted by atomic mass is 10.2. The van der Waals surface area contributed by atoms with E-state index in [1.54, 1.807) is 16.7 Å². The van der Waals surface area contributed by atoms with Crippen molar-refractivity contribution in [3.05, 3.63) is 57.6 Å². The molecule has 0 bridgehead atoms. The normalized spacial score (nSPS) is 11.2. The highest BCUT2D eigenvalue weighted by molar-refractivity contribution is 6.42. The first-order valence-electron chi connectivity index (χ1n) is 6.00. The van der Waals surface area contributed by atoms with E-state index in [2.05, 4.69) is 4.98 Å². The third kappa shape index (κ3) is 2.54. The Balaban J connectivity index is 2.12. The summed E-state index contributed by atoms with van der Waals surface area (Å²) < 4.78 is 28.3. The lowest BCUT2D eigenvalue weighted by Crippen LogP contribution is -2.06. The average Bonchev–Trinajstić information content (AvgIpc) is 2.69. The number of nitrogens with zero attached hydrogens (tertiary/aromatic N) is 2. The van der Waals surface area contributed by atoms with Gasteiger partial charge in [0.15, 0.2) is 0 Å². The quantitative estimate of drug-likeness (QED) is 0.764. The van der Waals surface area contributed by atoms with Crippen molar-refractivity contribution in [2.24, 2.45) is 0 Å². The Hall–Kier alpha value is -1.85. The molecule has 3 nitrogen and oxygen atoms in total.